The fraction of sp³-hybridized carbons (Fsp3) is 0.526. The van der Waals surface area contributed by atoms with Crippen molar-refractivity contribution in [2.45, 2.75) is 38.6 Å². The van der Waals surface area contributed by atoms with Crippen LogP contribution in [0.4, 0.5) is 0 Å². The summed E-state index contributed by atoms with van der Waals surface area (Å²) < 4.78 is 0. The van der Waals surface area contributed by atoms with E-state index < -0.39 is 0 Å². The molecule has 1 aromatic carbocycles. The van der Waals surface area contributed by atoms with Gasteiger partial charge in [0.25, 0.3) is 0 Å². The number of rotatable bonds is 4. The second-order valence-electron chi connectivity index (χ2n) is 7.16. The van der Waals surface area contributed by atoms with Gasteiger partial charge in [0.2, 0.25) is 0 Å². The smallest absolute Gasteiger partial charge is 0.0705 e. The first kappa shape index (κ1) is 13.3. The van der Waals surface area contributed by atoms with Crippen LogP contribution >= 0.6 is 0 Å². The molecule has 0 radical (unpaired) electrons. The van der Waals surface area contributed by atoms with Crippen LogP contribution in [0.5, 0.6) is 0 Å². The second-order valence-corrected chi connectivity index (χ2v) is 7.16. The van der Waals surface area contributed by atoms with Gasteiger partial charge in [-0.1, -0.05) is 37.1 Å². The molecule has 1 atom stereocenters. The number of nitrogens with zero attached hydrogens (tertiary/aromatic N) is 2. The van der Waals surface area contributed by atoms with E-state index in [1.165, 1.54) is 49.7 Å². The number of hydrogen-bond donors (Lipinski definition) is 0. The van der Waals surface area contributed by atoms with Crippen molar-refractivity contribution in [1.82, 2.24) is 9.88 Å². The van der Waals surface area contributed by atoms with Gasteiger partial charge in [-0.15, -0.1) is 0 Å². The maximum absolute atomic E-state index is 4.79. The number of hydrogen-bond acceptors (Lipinski definition) is 2. The molecule has 2 nitrogen and oxygen atoms in total. The zero-order valence-corrected chi connectivity index (χ0v) is 12.9. The van der Waals surface area contributed by atoms with E-state index in [2.05, 4.69) is 48.3 Å². The van der Waals surface area contributed by atoms with Gasteiger partial charge in [0.1, 0.15) is 0 Å². The monoisotopic (exact) mass is 280 g/mol. The van der Waals surface area contributed by atoms with Gasteiger partial charge in [0.15, 0.2) is 0 Å². The molecule has 2 fully saturated rings. The van der Waals surface area contributed by atoms with Crippen LogP contribution in [0.15, 0.2) is 36.4 Å². The molecule has 2 aromatic rings. The molecule has 0 bridgehead atoms. The summed E-state index contributed by atoms with van der Waals surface area (Å²) in [6, 6.07) is 12.7. The highest BCUT2D eigenvalue weighted by molar-refractivity contribution is 5.78. The topological polar surface area (TPSA) is 16.1 Å². The van der Waals surface area contributed by atoms with Crippen molar-refractivity contribution < 1.29 is 0 Å². The molecule has 0 saturated heterocycles. The molecule has 4 rings (SSSR count). The maximum Gasteiger partial charge on any atom is 0.0705 e. The quantitative estimate of drug-likeness (QED) is 0.832. The minimum Gasteiger partial charge on any atom is -0.300 e. The lowest BCUT2D eigenvalue weighted by Crippen LogP contribution is -2.22. The molecule has 2 aliphatic carbocycles. The first-order valence-corrected chi connectivity index (χ1v) is 8.28. The van der Waals surface area contributed by atoms with Crippen LogP contribution in [0.1, 0.15) is 37.8 Å². The van der Waals surface area contributed by atoms with Crippen molar-refractivity contribution in [2.24, 2.45) is 11.3 Å². The molecule has 2 saturated carbocycles. The Morgan fingerprint density at radius 2 is 1.95 bits per heavy atom. The summed E-state index contributed by atoms with van der Waals surface area (Å²) in [4.78, 5) is 7.26. The largest absolute Gasteiger partial charge is 0.300 e. The Balaban J connectivity index is 1.40. The zero-order chi connectivity index (χ0) is 14.3. The number of para-hydroxylation sites is 1. The normalized spacial score (nSPS) is 23.2. The van der Waals surface area contributed by atoms with Crippen LogP contribution < -0.4 is 0 Å². The van der Waals surface area contributed by atoms with Gasteiger partial charge in [-0.25, -0.2) is 0 Å². The molecule has 0 aliphatic heterocycles. The predicted molar refractivity (Wildman–Crippen MR) is 87.1 cm³/mol. The Bertz CT molecular complexity index is 643. The molecule has 110 valence electrons. The van der Waals surface area contributed by atoms with Gasteiger partial charge in [-0.3, -0.25) is 4.98 Å². The Labute approximate surface area is 127 Å². The Kier molecular flexibility index (Phi) is 3.22. The minimum atomic E-state index is 0.755. The minimum absolute atomic E-state index is 0.755. The number of aromatic nitrogens is 1. The SMILES string of the molecule is CN(Cc1ccc2ccccc2n1)CC1CC12CCCC2. The summed E-state index contributed by atoms with van der Waals surface area (Å²) >= 11 is 0. The molecule has 1 spiro atoms. The Hall–Kier alpha value is -1.41. The highest BCUT2D eigenvalue weighted by atomic mass is 15.1. The lowest BCUT2D eigenvalue weighted by Gasteiger charge is -2.18. The van der Waals surface area contributed by atoms with Gasteiger partial charge < -0.3 is 4.90 Å². The average Bonchev–Trinajstić information content (AvgIpc) is 2.93. The lowest BCUT2D eigenvalue weighted by molar-refractivity contribution is 0.284. The van der Waals surface area contributed by atoms with Crippen molar-refractivity contribution in [3.63, 3.8) is 0 Å². The fourth-order valence-corrected chi connectivity index (χ4v) is 4.30. The summed E-state index contributed by atoms with van der Waals surface area (Å²) in [5, 5.41) is 1.23. The van der Waals surface area contributed by atoms with Crippen molar-refractivity contribution in [3.8, 4) is 0 Å². The van der Waals surface area contributed by atoms with E-state index in [0.717, 1.165) is 23.4 Å². The maximum atomic E-state index is 4.79. The fourth-order valence-electron chi connectivity index (χ4n) is 4.30. The average molecular weight is 280 g/mol. The van der Waals surface area contributed by atoms with E-state index >= 15 is 0 Å². The molecule has 0 amide bonds. The zero-order valence-electron chi connectivity index (χ0n) is 12.9. The molecule has 2 aliphatic rings. The van der Waals surface area contributed by atoms with Gasteiger partial charge in [-0.05, 0) is 49.8 Å². The first-order chi connectivity index (χ1) is 10.3. The van der Waals surface area contributed by atoms with Crippen molar-refractivity contribution in [3.05, 3.63) is 42.1 Å². The molecule has 1 unspecified atom stereocenters. The molecule has 1 heterocycles. The second kappa shape index (κ2) is 5.10. The van der Waals surface area contributed by atoms with Crippen molar-refractivity contribution >= 4 is 10.9 Å². The van der Waals surface area contributed by atoms with Crippen LogP contribution in [0, 0.1) is 11.3 Å². The van der Waals surface area contributed by atoms with Crippen LogP contribution in [-0.2, 0) is 6.54 Å². The third-order valence-electron chi connectivity index (χ3n) is 5.58. The third-order valence-corrected chi connectivity index (χ3v) is 5.58. The standard InChI is InChI=1S/C19H24N2/c1-21(13-16-12-19(16)10-4-5-11-19)14-17-9-8-15-6-2-3-7-18(15)20-17/h2-3,6-9,16H,4-5,10-14H2,1H3. The molecule has 21 heavy (non-hydrogen) atoms. The van der Waals surface area contributed by atoms with E-state index in [4.69, 9.17) is 4.98 Å². The van der Waals surface area contributed by atoms with Crippen molar-refractivity contribution in [1.29, 1.82) is 0 Å². The van der Waals surface area contributed by atoms with Crippen LogP contribution in [-0.4, -0.2) is 23.5 Å². The highest BCUT2D eigenvalue weighted by Gasteiger charge is 2.54. The molecular weight excluding hydrogens is 256 g/mol. The summed E-state index contributed by atoms with van der Waals surface area (Å²) in [5.41, 5.74) is 3.06. The lowest BCUT2D eigenvalue weighted by atomic mass is 10.0. The molecular formula is C19H24N2. The van der Waals surface area contributed by atoms with Gasteiger partial charge in [0, 0.05) is 18.5 Å². The van der Waals surface area contributed by atoms with Gasteiger partial charge in [0.05, 0.1) is 11.2 Å². The van der Waals surface area contributed by atoms with E-state index in [-0.39, 0.29) is 0 Å². The highest BCUT2D eigenvalue weighted by Crippen LogP contribution is 2.62. The molecule has 2 heteroatoms. The van der Waals surface area contributed by atoms with E-state index in [1.807, 2.05) is 0 Å². The Morgan fingerprint density at radius 3 is 2.81 bits per heavy atom. The summed E-state index contributed by atoms with van der Waals surface area (Å²) in [6.07, 6.45) is 7.38. The predicted octanol–water partition coefficient (Wildman–Crippen LogP) is 4.25. The Morgan fingerprint density at radius 1 is 1.14 bits per heavy atom. The van der Waals surface area contributed by atoms with Crippen LogP contribution in [0.2, 0.25) is 0 Å². The van der Waals surface area contributed by atoms with E-state index in [1.54, 1.807) is 0 Å². The van der Waals surface area contributed by atoms with Crippen LogP contribution in [0.25, 0.3) is 10.9 Å². The number of fused-ring (bicyclic) bond motifs is 1. The number of benzene rings is 1. The molecule has 1 aromatic heterocycles. The summed E-state index contributed by atoms with van der Waals surface area (Å²) in [6.45, 7) is 2.21. The first-order valence-electron chi connectivity index (χ1n) is 8.28. The van der Waals surface area contributed by atoms with Gasteiger partial charge >= 0.3 is 0 Å². The third kappa shape index (κ3) is 2.57. The van der Waals surface area contributed by atoms with E-state index in [0.29, 0.717) is 0 Å². The van der Waals surface area contributed by atoms with E-state index in [9.17, 15) is 0 Å². The van der Waals surface area contributed by atoms with Crippen LogP contribution in [0.3, 0.4) is 0 Å². The summed E-state index contributed by atoms with van der Waals surface area (Å²) in [5.74, 6) is 0.949. The van der Waals surface area contributed by atoms with Crippen molar-refractivity contribution in [2.75, 3.05) is 13.6 Å². The molecule has 0 N–H and O–H groups in total. The summed E-state index contributed by atoms with van der Waals surface area (Å²) in [7, 11) is 2.25. The van der Waals surface area contributed by atoms with Gasteiger partial charge in [-0.2, -0.15) is 0 Å². The number of pyridine rings is 1.